The van der Waals surface area contributed by atoms with Gasteiger partial charge in [-0.15, -0.1) is 0 Å². The van der Waals surface area contributed by atoms with Crippen LogP contribution >= 0.6 is 0 Å². The molecule has 3 aliphatic rings. The molecule has 0 aliphatic carbocycles. The van der Waals surface area contributed by atoms with E-state index in [1.165, 1.54) is 54.8 Å². The number of ketones is 4. The van der Waals surface area contributed by atoms with Gasteiger partial charge in [-0.2, -0.15) is 0 Å². The quantitative estimate of drug-likeness (QED) is 0.174. The van der Waals surface area contributed by atoms with Crippen LogP contribution in [0.25, 0.3) is 0 Å². The summed E-state index contributed by atoms with van der Waals surface area (Å²) in [5, 5.41) is 0. The maximum absolute atomic E-state index is 11.3. The first-order valence-electron chi connectivity index (χ1n) is 18.2. The second-order valence-corrected chi connectivity index (χ2v) is 11.4. The molecule has 0 fully saturated rings. The van der Waals surface area contributed by atoms with Crippen LogP contribution in [0.15, 0.2) is 48.4 Å². The van der Waals surface area contributed by atoms with Crippen molar-refractivity contribution in [3.8, 4) is 0 Å². The fourth-order valence-electron chi connectivity index (χ4n) is 4.75. The summed E-state index contributed by atoms with van der Waals surface area (Å²) in [7, 11) is 1.50. The number of allylic oxidation sites excluding steroid dienone is 3. The summed E-state index contributed by atoms with van der Waals surface area (Å²) in [6.07, 6.45) is 7.51. The molecule has 3 aliphatic heterocycles. The van der Waals surface area contributed by atoms with Crippen molar-refractivity contribution in [3.05, 3.63) is 33.4 Å². The number of ether oxygens (including phenoxy) is 1. The van der Waals surface area contributed by atoms with Gasteiger partial charge in [0.1, 0.15) is 17.2 Å². The zero-order valence-corrected chi connectivity index (χ0v) is 34.9. The van der Waals surface area contributed by atoms with Crippen LogP contribution < -0.4 is 24.6 Å². The molecule has 2 N–H and O–H groups in total. The molecular weight excluding hydrogens is 678 g/mol. The Morgan fingerprint density at radius 2 is 1.06 bits per heavy atom. The van der Waals surface area contributed by atoms with Crippen molar-refractivity contribution in [2.45, 2.75) is 149 Å². The number of nitrogens with two attached hydrogens (primary N) is 1. The van der Waals surface area contributed by atoms with E-state index in [2.05, 4.69) is 60.1 Å². The van der Waals surface area contributed by atoms with Gasteiger partial charge in [0, 0.05) is 38.8 Å². The second kappa shape index (κ2) is 37.8. The largest absolute Gasteiger partial charge is 1.00 e. The maximum atomic E-state index is 11.3. The van der Waals surface area contributed by atoms with Gasteiger partial charge in [0.05, 0.1) is 26.2 Å². The predicted molar refractivity (Wildman–Crippen MR) is 228 cm³/mol. The van der Waals surface area contributed by atoms with Crippen molar-refractivity contribution in [1.82, 2.24) is 0 Å². The summed E-state index contributed by atoms with van der Waals surface area (Å²) in [6.45, 7) is 27.6. The van der Waals surface area contributed by atoms with Crippen molar-refractivity contribution in [3.63, 3.8) is 0 Å². The minimum atomic E-state index is -0.757. The summed E-state index contributed by atoms with van der Waals surface area (Å²) in [6, 6.07) is 0. The van der Waals surface area contributed by atoms with E-state index in [0.29, 0.717) is 36.5 Å². The van der Waals surface area contributed by atoms with Crippen LogP contribution in [0.4, 0.5) is 0 Å². The van der Waals surface area contributed by atoms with Crippen molar-refractivity contribution in [2.75, 3.05) is 33.3 Å². The number of hydrogen-bond donors (Lipinski definition) is 1. The van der Waals surface area contributed by atoms with Crippen LogP contribution in [0.3, 0.4) is 0 Å². The minimum Gasteiger partial charge on any atom is -1.00 e. The van der Waals surface area contributed by atoms with Crippen LogP contribution in [-0.4, -0.2) is 96.9 Å². The van der Waals surface area contributed by atoms with E-state index in [1.807, 2.05) is 34.6 Å². The standard InChI is InChI=1S/C10H15NO.C10H17N.C9H13NO.C5H8O3.C5H10O.CH5N.CH4.Al.Li.4H/c1-4-8-6-11-10(7(8)3)9(12)5-2;1-4-6-10-8(3)9(5-2)7-11-10;1-4-8-5-10-9(6(8)2)7(3)11;1-3-8-5(7)4(2)6;1-3-5(6)4-2;1-2;;;;;;;/h4-6H2,1-3H3;4-7H2,1-3H3;4-5H2,1-3H3;3H2,1-2H3;3-4H2,1-2H3;2H2,1H3;1H4;;;;;;/q;;;;;;;;+1;;;;-1. The molecule has 0 aromatic rings. The second-order valence-electron chi connectivity index (χ2n) is 11.4. The molecule has 3 heterocycles. The van der Waals surface area contributed by atoms with Crippen molar-refractivity contribution in [2.24, 2.45) is 20.7 Å². The molecule has 0 aromatic heterocycles. The Kier molecular flexibility index (Phi) is 44.5. The molecule has 12 heteroatoms. The monoisotopic (exact) mass is 755 g/mol. The van der Waals surface area contributed by atoms with Crippen molar-refractivity contribution < 1.29 is 49.0 Å². The van der Waals surface area contributed by atoms with E-state index < -0.39 is 11.8 Å². The molecular formula is C41H76AlLiN4O6. The number of nitrogens with zero attached hydrogens (tertiary/aromatic N) is 3. The van der Waals surface area contributed by atoms with Gasteiger partial charge in [0.15, 0.2) is 28.9 Å². The summed E-state index contributed by atoms with van der Waals surface area (Å²) in [5.41, 5.74) is 15.1. The Bertz CT molecular complexity index is 1330. The number of carbonyl (C=O) groups excluding carboxylic acids is 5. The van der Waals surface area contributed by atoms with E-state index >= 15 is 0 Å². The Hall–Kier alpha value is -2.53. The molecule has 0 amide bonds. The Morgan fingerprint density at radius 1 is 0.660 bits per heavy atom. The normalized spacial score (nSPS) is 13.3. The average molecular weight is 755 g/mol. The SMILES string of the molecule is C.CCC(=O)C1=NCC(CC)=C1C.CCC(=O)CC.CCC1=C(C)C(C(C)=O)=NC1.CCCC1=NCC(CC)=C1C.CCOC(=O)C(C)=O.CN.[AlH3].[H-].[Li+]. The third-order valence-electron chi connectivity index (χ3n) is 8.09. The van der Waals surface area contributed by atoms with Gasteiger partial charge in [-0.25, -0.2) is 4.79 Å². The van der Waals surface area contributed by atoms with Gasteiger partial charge < -0.3 is 11.9 Å². The van der Waals surface area contributed by atoms with E-state index in [1.54, 1.807) is 13.8 Å². The zero-order valence-electron chi connectivity index (χ0n) is 35.9. The third-order valence-corrected chi connectivity index (χ3v) is 8.09. The smallest absolute Gasteiger partial charge is 1.00 e. The topological polar surface area (TPSA) is 158 Å². The number of carbonyl (C=O) groups is 5. The van der Waals surface area contributed by atoms with Crippen LogP contribution in [0.1, 0.15) is 150 Å². The molecule has 53 heavy (non-hydrogen) atoms. The Labute approximate surface area is 347 Å². The van der Waals surface area contributed by atoms with Crippen LogP contribution in [0.2, 0.25) is 0 Å². The van der Waals surface area contributed by atoms with E-state index in [9.17, 15) is 24.0 Å². The van der Waals surface area contributed by atoms with Gasteiger partial charge in [-0.1, -0.05) is 62.3 Å². The summed E-state index contributed by atoms with van der Waals surface area (Å²) < 4.78 is 4.31. The molecule has 0 aromatic carbocycles. The molecule has 0 saturated heterocycles. The van der Waals surface area contributed by atoms with Gasteiger partial charge >= 0.3 is 24.8 Å². The number of aliphatic imine (C=N–C) groups is 3. The molecule has 0 unspecified atom stereocenters. The number of esters is 1. The first-order chi connectivity index (χ1) is 23.6. The van der Waals surface area contributed by atoms with Crippen LogP contribution in [-0.2, 0) is 28.7 Å². The van der Waals surface area contributed by atoms with Crippen molar-refractivity contribution in [1.29, 1.82) is 0 Å². The minimum absolute atomic E-state index is 0. The first kappa shape index (κ1) is 62.5. The van der Waals surface area contributed by atoms with Crippen molar-refractivity contribution >= 4 is 63.6 Å². The Morgan fingerprint density at radius 3 is 1.30 bits per heavy atom. The average Bonchev–Trinajstić information content (AvgIpc) is 3.81. The Balaban J connectivity index is -0.000000101. The fraction of sp³-hybridized carbons (Fsp3) is 0.659. The van der Waals surface area contributed by atoms with E-state index in [-0.39, 0.29) is 63.2 Å². The van der Waals surface area contributed by atoms with Gasteiger partial charge in [0.25, 0.3) is 0 Å². The molecule has 0 spiro atoms. The van der Waals surface area contributed by atoms with Crippen LogP contribution in [0.5, 0.6) is 0 Å². The molecule has 300 valence electrons. The third kappa shape index (κ3) is 25.2. The van der Waals surface area contributed by atoms with Gasteiger partial charge in [0.2, 0.25) is 5.78 Å². The fourth-order valence-corrected chi connectivity index (χ4v) is 4.75. The van der Waals surface area contributed by atoms with Crippen LogP contribution in [0, 0.1) is 0 Å². The number of hydrogen-bond acceptors (Lipinski definition) is 10. The molecule has 3 rings (SSSR count). The first-order valence-corrected chi connectivity index (χ1v) is 18.2. The predicted octanol–water partition coefficient (Wildman–Crippen LogP) is 4.53. The summed E-state index contributed by atoms with van der Waals surface area (Å²) in [4.78, 5) is 65.6. The van der Waals surface area contributed by atoms with Gasteiger partial charge in [-0.05, 0) is 93.9 Å². The molecule has 0 atom stereocenters. The van der Waals surface area contributed by atoms with Gasteiger partial charge in [-0.3, -0.25) is 34.2 Å². The summed E-state index contributed by atoms with van der Waals surface area (Å²) in [5.74, 6) is -0.698. The van der Waals surface area contributed by atoms with E-state index in [0.717, 1.165) is 50.0 Å². The zero-order chi connectivity index (χ0) is 39.4. The molecule has 10 nitrogen and oxygen atoms in total. The number of Topliss-reactive ketones (excluding diaryl/α,β-unsaturated/α-hetero) is 4. The molecule has 0 saturated carbocycles. The summed E-state index contributed by atoms with van der Waals surface area (Å²) >= 11 is 0. The molecule has 0 radical (unpaired) electrons. The molecule has 0 bridgehead atoms. The number of rotatable bonds is 12. The van der Waals surface area contributed by atoms with E-state index in [4.69, 9.17) is 0 Å². The maximum Gasteiger partial charge on any atom is 1.00 e.